The van der Waals surface area contributed by atoms with Gasteiger partial charge in [-0.2, -0.15) is 17.5 Å². The van der Waals surface area contributed by atoms with Crippen LogP contribution < -0.4 is 5.32 Å². The third kappa shape index (κ3) is 4.62. The Morgan fingerprint density at radius 1 is 0.964 bits per heavy atom. The van der Waals surface area contributed by atoms with Crippen LogP contribution in [0.4, 0.5) is 18.9 Å². The van der Waals surface area contributed by atoms with E-state index in [1.165, 1.54) is 16.4 Å². The van der Waals surface area contributed by atoms with Gasteiger partial charge in [-0.25, -0.2) is 8.42 Å². The highest BCUT2D eigenvalue weighted by Crippen LogP contribution is 2.30. The quantitative estimate of drug-likeness (QED) is 0.758. The summed E-state index contributed by atoms with van der Waals surface area (Å²) < 4.78 is 65.1. The van der Waals surface area contributed by atoms with Gasteiger partial charge in [0.25, 0.3) is 0 Å². The van der Waals surface area contributed by atoms with Crippen molar-refractivity contribution < 1.29 is 21.6 Å². The van der Waals surface area contributed by atoms with Crippen molar-refractivity contribution in [1.29, 1.82) is 0 Å². The van der Waals surface area contributed by atoms with Gasteiger partial charge in [-0.1, -0.05) is 24.3 Å². The molecule has 0 radical (unpaired) electrons. The molecule has 0 amide bonds. The number of anilines is 1. The molecule has 10 heteroatoms. The number of nitrogens with one attached hydrogen (secondary N) is 1. The summed E-state index contributed by atoms with van der Waals surface area (Å²) in [5.41, 5.74) is -0.529. The van der Waals surface area contributed by atoms with Crippen molar-refractivity contribution in [3.05, 3.63) is 60.2 Å². The van der Waals surface area contributed by atoms with Gasteiger partial charge >= 0.3 is 6.18 Å². The minimum Gasteiger partial charge on any atom is -0.346 e. The SMILES string of the molecule is O=S(=O)(c1ccccc1)N1CCN(C(=S)Nc2cccc(C(F)(F)F)c2)CC1. The Kier molecular flexibility index (Phi) is 5.92. The van der Waals surface area contributed by atoms with E-state index in [0.29, 0.717) is 13.1 Å². The predicted octanol–water partition coefficient (Wildman–Crippen LogP) is 3.41. The molecule has 5 nitrogen and oxygen atoms in total. The van der Waals surface area contributed by atoms with E-state index in [1.54, 1.807) is 35.2 Å². The van der Waals surface area contributed by atoms with Crippen molar-refractivity contribution in [2.45, 2.75) is 11.1 Å². The van der Waals surface area contributed by atoms with Crippen LogP contribution in [-0.2, 0) is 16.2 Å². The lowest BCUT2D eigenvalue weighted by Gasteiger charge is -2.35. The van der Waals surface area contributed by atoms with Crippen molar-refractivity contribution in [1.82, 2.24) is 9.21 Å². The highest BCUT2D eigenvalue weighted by molar-refractivity contribution is 7.89. The van der Waals surface area contributed by atoms with E-state index >= 15 is 0 Å². The molecular formula is C18H18F3N3O2S2. The number of thiocarbonyl (C=S) groups is 1. The number of alkyl halides is 3. The van der Waals surface area contributed by atoms with Crippen LogP contribution in [-0.4, -0.2) is 48.9 Å². The van der Waals surface area contributed by atoms with E-state index in [-0.39, 0.29) is 28.8 Å². The van der Waals surface area contributed by atoms with Crippen LogP contribution in [0.3, 0.4) is 0 Å². The van der Waals surface area contributed by atoms with Gasteiger partial charge in [-0.15, -0.1) is 0 Å². The van der Waals surface area contributed by atoms with Gasteiger partial charge in [-0.05, 0) is 42.5 Å². The molecular weight excluding hydrogens is 411 g/mol. The number of benzene rings is 2. The Balaban J connectivity index is 1.62. The standard InChI is InChI=1S/C18H18F3N3O2S2/c19-18(20,21)14-5-4-6-15(13-14)22-17(27)23-9-11-24(12-10-23)28(25,26)16-7-2-1-3-8-16/h1-8,13H,9-12H2,(H,22,27). The Bertz CT molecular complexity index is 942. The molecule has 28 heavy (non-hydrogen) atoms. The summed E-state index contributed by atoms with van der Waals surface area (Å²) in [5.74, 6) is 0. The van der Waals surface area contributed by atoms with E-state index in [4.69, 9.17) is 12.2 Å². The molecule has 150 valence electrons. The van der Waals surface area contributed by atoms with E-state index in [9.17, 15) is 21.6 Å². The number of halogens is 3. The summed E-state index contributed by atoms with van der Waals surface area (Å²) in [7, 11) is -3.57. The van der Waals surface area contributed by atoms with Gasteiger partial charge in [0.2, 0.25) is 10.0 Å². The second kappa shape index (κ2) is 8.06. The summed E-state index contributed by atoms with van der Waals surface area (Å²) >= 11 is 5.28. The molecule has 3 rings (SSSR count). The molecule has 1 aliphatic rings. The zero-order chi connectivity index (χ0) is 20.4. The number of hydrogen-bond acceptors (Lipinski definition) is 3. The first-order chi connectivity index (χ1) is 13.2. The van der Waals surface area contributed by atoms with Crippen LogP contribution in [0.25, 0.3) is 0 Å². The molecule has 0 aliphatic carbocycles. The fourth-order valence-corrected chi connectivity index (χ4v) is 4.59. The molecule has 2 aromatic carbocycles. The van der Waals surface area contributed by atoms with Crippen LogP contribution in [0.1, 0.15) is 5.56 Å². The maximum absolute atomic E-state index is 12.8. The summed E-state index contributed by atoms with van der Waals surface area (Å²) in [5, 5.41) is 3.06. The smallest absolute Gasteiger partial charge is 0.346 e. The Labute approximate surface area is 166 Å². The molecule has 1 N–H and O–H groups in total. The molecule has 0 saturated carbocycles. The average molecular weight is 429 g/mol. The van der Waals surface area contributed by atoms with Crippen LogP contribution >= 0.6 is 12.2 Å². The normalized spacial score (nSPS) is 16.0. The van der Waals surface area contributed by atoms with Crippen LogP contribution in [0.15, 0.2) is 59.5 Å². The third-order valence-corrected chi connectivity index (χ3v) is 6.62. The lowest BCUT2D eigenvalue weighted by Crippen LogP contribution is -2.51. The fourth-order valence-electron chi connectivity index (χ4n) is 2.85. The number of nitrogens with zero attached hydrogens (tertiary/aromatic N) is 2. The van der Waals surface area contributed by atoms with Crippen LogP contribution in [0.2, 0.25) is 0 Å². The average Bonchev–Trinajstić information content (AvgIpc) is 2.68. The van der Waals surface area contributed by atoms with Gasteiger partial charge in [-0.3, -0.25) is 0 Å². The molecule has 2 aromatic rings. The lowest BCUT2D eigenvalue weighted by molar-refractivity contribution is -0.137. The second-order valence-corrected chi connectivity index (χ2v) is 8.54. The molecule has 0 bridgehead atoms. The Morgan fingerprint density at radius 2 is 1.61 bits per heavy atom. The minimum absolute atomic E-state index is 0.230. The molecule has 1 fully saturated rings. The van der Waals surface area contributed by atoms with E-state index in [2.05, 4.69) is 5.32 Å². The highest BCUT2D eigenvalue weighted by Gasteiger charge is 2.31. The Hall–Kier alpha value is -2.17. The first-order valence-corrected chi connectivity index (χ1v) is 10.3. The summed E-state index contributed by atoms with van der Waals surface area (Å²) in [6.45, 7) is 1.16. The maximum atomic E-state index is 12.8. The second-order valence-electron chi connectivity index (χ2n) is 6.21. The van der Waals surface area contributed by atoms with Gasteiger partial charge in [0.1, 0.15) is 0 Å². The first kappa shape index (κ1) is 20.6. The monoisotopic (exact) mass is 429 g/mol. The van der Waals surface area contributed by atoms with E-state index < -0.39 is 21.8 Å². The van der Waals surface area contributed by atoms with Gasteiger partial charge in [0.05, 0.1) is 10.5 Å². The van der Waals surface area contributed by atoms with Gasteiger partial charge in [0, 0.05) is 31.9 Å². The maximum Gasteiger partial charge on any atom is 0.416 e. The number of piperazine rings is 1. The summed E-state index contributed by atoms with van der Waals surface area (Å²) in [6, 6.07) is 12.9. The summed E-state index contributed by atoms with van der Waals surface area (Å²) in [6.07, 6.45) is -4.43. The lowest BCUT2D eigenvalue weighted by atomic mass is 10.2. The molecule has 0 aromatic heterocycles. The largest absolute Gasteiger partial charge is 0.416 e. The number of rotatable bonds is 3. The van der Waals surface area contributed by atoms with E-state index in [1.807, 2.05) is 0 Å². The van der Waals surface area contributed by atoms with E-state index in [0.717, 1.165) is 12.1 Å². The zero-order valence-electron chi connectivity index (χ0n) is 14.7. The van der Waals surface area contributed by atoms with Crippen molar-refractivity contribution in [2.75, 3.05) is 31.5 Å². The van der Waals surface area contributed by atoms with Crippen molar-refractivity contribution >= 4 is 33.0 Å². The number of hydrogen-bond donors (Lipinski definition) is 1. The molecule has 1 saturated heterocycles. The predicted molar refractivity (Wildman–Crippen MR) is 104 cm³/mol. The molecule has 1 aliphatic heterocycles. The third-order valence-electron chi connectivity index (χ3n) is 4.35. The van der Waals surface area contributed by atoms with Crippen molar-refractivity contribution in [2.24, 2.45) is 0 Å². The fraction of sp³-hybridized carbons (Fsp3) is 0.278. The molecule has 0 spiro atoms. The number of sulfonamides is 1. The molecule has 0 atom stereocenters. The highest BCUT2D eigenvalue weighted by atomic mass is 32.2. The minimum atomic E-state index is -4.43. The van der Waals surface area contributed by atoms with Crippen molar-refractivity contribution in [3.8, 4) is 0 Å². The van der Waals surface area contributed by atoms with Crippen molar-refractivity contribution in [3.63, 3.8) is 0 Å². The van der Waals surface area contributed by atoms with Gasteiger partial charge in [0.15, 0.2) is 5.11 Å². The molecule has 1 heterocycles. The molecule has 0 unspecified atom stereocenters. The first-order valence-electron chi connectivity index (χ1n) is 8.46. The zero-order valence-corrected chi connectivity index (χ0v) is 16.3. The van der Waals surface area contributed by atoms with Crippen LogP contribution in [0.5, 0.6) is 0 Å². The Morgan fingerprint density at radius 3 is 2.21 bits per heavy atom. The van der Waals surface area contributed by atoms with Gasteiger partial charge < -0.3 is 10.2 Å². The summed E-state index contributed by atoms with van der Waals surface area (Å²) in [4.78, 5) is 1.97. The van der Waals surface area contributed by atoms with Crippen LogP contribution in [0, 0.1) is 0 Å². The topological polar surface area (TPSA) is 52.7 Å².